The third kappa shape index (κ3) is 4.58. The first-order valence-electron chi connectivity index (χ1n) is 6.43. The zero-order chi connectivity index (χ0) is 12.5. The molecule has 0 aliphatic rings. The fraction of sp³-hybridized carbons (Fsp3) is 0.375. The monoisotopic (exact) mass is 229 g/mol. The number of hydrogen-bond donors (Lipinski definition) is 1. The predicted molar refractivity (Wildman–Crippen MR) is 77.2 cm³/mol. The lowest BCUT2D eigenvalue weighted by molar-refractivity contribution is 0.719. The maximum atomic E-state index is 3.90. The maximum absolute atomic E-state index is 3.90. The van der Waals surface area contributed by atoms with E-state index >= 15 is 0 Å². The maximum Gasteiger partial charge on any atom is -0.000847 e. The van der Waals surface area contributed by atoms with Crippen molar-refractivity contribution in [2.24, 2.45) is 0 Å². The number of rotatable bonds is 7. The molecule has 0 aromatic heterocycles. The van der Waals surface area contributed by atoms with Crippen molar-refractivity contribution in [2.45, 2.75) is 26.7 Å². The van der Waals surface area contributed by atoms with Crippen LogP contribution in [-0.4, -0.2) is 13.1 Å². The van der Waals surface area contributed by atoms with Gasteiger partial charge in [0.2, 0.25) is 0 Å². The molecule has 0 unspecified atom stereocenters. The summed E-state index contributed by atoms with van der Waals surface area (Å²) in [4.78, 5) is 0. The van der Waals surface area contributed by atoms with Crippen LogP contribution in [0.2, 0.25) is 0 Å². The normalized spacial score (nSPS) is 11.5. The molecule has 0 amide bonds. The Morgan fingerprint density at radius 3 is 2.71 bits per heavy atom. The fourth-order valence-corrected chi connectivity index (χ4v) is 1.84. The van der Waals surface area contributed by atoms with Crippen LogP contribution in [0.3, 0.4) is 0 Å². The summed E-state index contributed by atoms with van der Waals surface area (Å²) in [5, 5.41) is 3.34. The zero-order valence-corrected chi connectivity index (χ0v) is 11.0. The van der Waals surface area contributed by atoms with Crippen molar-refractivity contribution in [3.63, 3.8) is 0 Å². The second-order valence-corrected chi connectivity index (χ2v) is 4.08. The van der Waals surface area contributed by atoms with Gasteiger partial charge in [0.25, 0.3) is 0 Å². The molecule has 0 saturated heterocycles. The van der Waals surface area contributed by atoms with Gasteiger partial charge < -0.3 is 5.32 Å². The molecule has 1 rings (SSSR count). The van der Waals surface area contributed by atoms with Gasteiger partial charge in [-0.05, 0) is 42.6 Å². The number of benzene rings is 1. The van der Waals surface area contributed by atoms with Crippen molar-refractivity contribution in [1.29, 1.82) is 0 Å². The van der Waals surface area contributed by atoms with E-state index in [0.29, 0.717) is 0 Å². The Bertz CT molecular complexity index is 377. The molecule has 1 aromatic carbocycles. The first-order valence-corrected chi connectivity index (χ1v) is 6.43. The quantitative estimate of drug-likeness (QED) is 0.553. The van der Waals surface area contributed by atoms with Gasteiger partial charge in [0.1, 0.15) is 0 Å². The van der Waals surface area contributed by atoms with Crippen molar-refractivity contribution < 1.29 is 0 Å². The molecule has 0 aliphatic carbocycles. The van der Waals surface area contributed by atoms with Crippen molar-refractivity contribution in [3.8, 4) is 0 Å². The Morgan fingerprint density at radius 1 is 1.29 bits per heavy atom. The van der Waals surface area contributed by atoms with E-state index in [-0.39, 0.29) is 0 Å². The van der Waals surface area contributed by atoms with E-state index in [0.717, 1.165) is 25.9 Å². The highest BCUT2D eigenvalue weighted by Crippen LogP contribution is 2.15. The summed E-state index contributed by atoms with van der Waals surface area (Å²) in [5.41, 5.74) is 4.02. The molecule has 0 radical (unpaired) electrons. The lowest BCUT2D eigenvalue weighted by Gasteiger charge is -2.06. The van der Waals surface area contributed by atoms with Crippen LogP contribution in [-0.2, 0) is 6.42 Å². The van der Waals surface area contributed by atoms with Crippen molar-refractivity contribution in [3.05, 3.63) is 53.6 Å². The molecule has 0 bridgehead atoms. The van der Waals surface area contributed by atoms with Gasteiger partial charge in [0.05, 0.1) is 0 Å². The highest BCUT2D eigenvalue weighted by Gasteiger charge is 1.98. The van der Waals surface area contributed by atoms with Gasteiger partial charge in [0, 0.05) is 0 Å². The molecule has 0 fully saturated rings. The molecule has 0 saturated carbocycles. The van der Waals surface area contributed by atoms with E-state index in [4.69, 9.17) is 0 Å². The van der Waals surface area contributed by atoms with Crippen molar-refractivity contribution >= 4 is 6.08 Å². The summed E-state index contributed by atoms with van der Waals surface area (Å²) in [6.07, 6.45) is 6.33. The largest absolute Gasteiger partial charge is 0.317 e. The van der Waals surface area contributed by atoms with Crippen molar-refractivity contribution in [2.75, 3.05) is 13.1 Å². The first kappa shape index (κ1) is 13.7. The topological polar surface area (TPSA) is 12.0 Å². The summed E-state index contributed by atoms with van der Waals surface area (Å²) in [5.74, 6) is 0. The Hall–Kier alpha value is -1.34. The lowest BCUT2D eigenvalue weighted by atomic mass is 10.0. The minimum Gasteiger partial charge on any atom is -0.317 e. The minimum atomic E-state index is 1.02. The zero-order valence-electron chi connectivity index (χ0n) is 11.0. The second kappa shape index (κ2) is 7.86. The van der Waals surface area contributed by atoms with Crippen LogP contribution in [0, 0.1) is 0 Å². The number of nitrogens with one attached hydrogen (secondary N) is 1. The fourth-order valence-electron chi connectivity index (χ4n) is 1.84. The highest BCUT2D eigenvalue weighted by molar-refractivity contribution is 5.59. The van der Waals surface area contributed by atoms with Crippen LogP contribution in [0.25, 0.3) is 6.08 Å². The first-order chi connectivity index (χ1) is 8.31. The summed E-state index contributed by atoms with van der Waals surface area (Å²) < 4.78 is 0. The SMILES string of the molecule is C=C/C(=C\c1ccccc1CC)CCNCC. The molecule has 0 spiro atoms. The molecule has 1 N–H and O–H groups in total. The van der Waals surface area contributed by atoms with Gasteiger partial charge in [-0.15, -0.1) is 0 Å². The van der Waals surface area contributed by atoms with Crippen LogP contribution in [0.1, 0.15) is 31.4 Å². The van der Waals surface area contributed by atoms with E-state index in [1.807, 2.05) is 6.08 Å². The van der Waals surface area contributed by atoms with Crippen LogP contribution >= 0.6 is 0 Å². The van der Waals surface area contributed by atoms with Gasteiger partial charge in [-0.2, -0.15) is 0 Å². The van der Waals surface area contributed by atoms with Gasteiger partial charge in [-0.3, -0.25) is 0 Å². The predicted octanol–water partition coefficient (Wildman–Crippen LogP) is 3.82. The molecule has 1 aromatic rings. The van der Waals surface area contributed by atoms with Gasteiger partial charge >= 0.3 is 0 Å². The van der Waals surface area contributed by atoms with E-state index in [9.17, 15) is 0 Å². The van der Waals surface area contributed by atoms with E-state index < -0.39 is 0 Å². The third-order valence-corrected chi connectivity index (χ3v) is 2.88. The summed E-state index contributed by atoms with van der Waals surface area (Å²) in [6.45, 7) is 10.3. The summed E-state index contributed by atoms with van der Waals surface area (Å²) in [7, 11) is 0. The third-order valence-electron chi connectivity index (χ3n) is 2.88. The Balaban J connectivity index is 2.78. The Kier molecular flexibility index (Phi) is 6.34. The molecule has 1 heteroatoms. The lowest BCUT2D eigenvalue weighted by Crippen LogP contribution is -2.14. The average Bonchev–Trinajstić information content (AvgIpc) is 2.38. The van der Waals surface area contributed by atoms with Crippen molar-refractivity contribution in [1.82, 2.24) is 5.32 Å². The molecule has 17 heavy (non-hydrogen) atoms. The van der Waals surface area contributed by atoms with E-state index in [1.54, 1.807) is 0 Å². The summed E-state index contributed by atoms with van der Waals surface area (Å²) in [6, 6.07) is 8.56. The smallest absolute Gasteiger partial charge is 0.000847 e. The molecule has 0 aliphatic heterocycles. The summed E-state index contributed by atoms with van der Waals surface area (Å²) >= 11 is 0. The minimum absolute atomic E-state index is 1.02. The van der Waals surface area contributed by atoms with E-state index in [2.05, 4.69) is 56.1 Å². The molecule has 0 heterocycles. The second-order valence-electron chi connectivity index (χ2n) is 4.08. The highest BCUT2D eigenvalue weighted by atomic mass is 14.8. The number of allylic oxidation sites excluding steroid dienone is 1. The molecule has 1 nitrogen and oxygen atoms in total. The molecule has 0 atom stereocenters. The molecular formula is C16H23N. The number of hydrogen-bond acceptors (Lipinski definition) is 1. The van der Waals surface area contributed by atoms with Crippen LogP contribution in [0.5, 0.6) is 0 Å². The Morgan fingerprint density at radius 2 is 2.06 bits per heavy atom. The molecular weight excluding hydrogens is 206 g/mol. The standard InChI is InChI=1S/C16H23N/c1-4-14(11-12-17-6-3)13-16-10-8-7-9-15(16)5-2/h4,7-10,13,17H,1,5-6,11-12H2,2-3H3/b14-13+. The van der Waals surface area contributed by atoms with Crippen LogP contribution in [0.4, 0.5) is 0 Å². The van der Waals surface area contributed by atoms with Gasteiger partial charge in [-0.1, -0.05) is 56.8 Å². The van der Waals surface area contributed by atoms with Crippen LogP contribution in [0.15, 0.2) is 42.5 Å². The van der Waals surface area contributed by atoms with E-state index in [1.165, 1.54) is 16.7 Å². The van der Waals surface area contributed by atoms with Crippen LogP contribution < -0.4 is 5.32 Å². The Labute approximate surface area is 105 Å². The van der Waals surface area contributed by atoms with Gasteiger partial charge in [0.15, 0.2) is 0 Å². The van der Waals surface area contributed by atoms with Gasteiger partial charge in [-0.25, -0.2) is 0 Å². The molecule has 92 valence electrons. The number of aryl methyl sites for hydroxylation is 1. The average molecular weight is 229 g/mol.